The molecule has 2 fully saturated rings. The molecule has 2 rings (SSSR count). The summed E-state index contributed by atoms with van der Waals surface area (Å²) in [5.41, 5.74) is 0.684. The van der Waals surface area contributed by atoms with Crippen LogP contribution in [0.15, 0.2) is 0 Å². The summed E-state index contributed by atoms with van der Waals surface area (Å²) in [4.78, 5) is 2.56. The molecular weight excluding hydrogens is 170 g/mol. The second-order valence-corrected chi connectivity index (χ2v) is 4.72. The molecule has 0 bridgehead atoms. The van der Waals surface area contributed by atoms with E-state index < -0.39 is 0 Å². The first-order valence-electron chi connectivity index (χ1n) is 4.54. The van der Waals surface area contributed by atoms with Crippen LogP contribution in [0, 0.1) is 0 Å². The fourth-order valence-electron chi connectivity index (χ4n) is 1.90. The maximum atomic E-state index is 5.22. The van der Waals surface area contributed by atoms with Crippen LogP contribution < -0.4 is 0 Å². The van der Waals surface area contributed by atoms with Gasteiger partial charge in [0.05, 0.1) is 19.3 Å². The Morgan fingerprint density at radius 2 is 2.33 bits per heavy atom. The van der Waals surface area contributed by atoms with Crippen molar-refractivity contribution in [3.05, 3.63) is 0 Å². The highest BCUT2D eigenvalue weighted by atomic mass is 28.2. The predicted octanol–water partition coefficient (Wildman–Crippen LogP) is 0.0727. The highest BCUT2D eigenvalue weighted by molar-refractivity contribution is 6.29. The van der Waals surface area contributed by atoms with Crippen molar-refractivity contribution in [1.29, 1.82) is 0 Å². The van der Waals surface area contributed by atoms with Crippen molar-refractivity contribution in [2.45, 2.75) is 24.5 Å². The van der Waals surface area contributed by atoms with E-state index in [1.165, 1.54) is 19.4 Å². The molecule has 2 aliphatic heterocycles. The quantitative estimate of drug-likeness (QED) is 0.581. The average molecular weight is 185 g/mol. The summed E-state index contributed by atoms with van der Waals surface area (Å²) in [7, 11) is 2.45. The van der Waals surface area contributed by atoms with Crippen LogP contribution in [0.2, 0.25) is 0 Å². The van der Waals surface area contributed by atoms with Crippen molar-refractivity contribution >= 4 is 9.76 Å². The topological polar surface area (TPSA) is 21.7 Å². The molecule has 2 heterocycles. The Balaban J connectivity index is 1.85. The molecule has 0 aromatic rings. The van der Waals surface area contributed by atoms with E-state index in [2.05, 4.69) is 4.90 Å². The molecule has 3 nitrogen and oxygen atoms in total. The molecule has 0 unspecified atom stereocenters. The van der Waals surface area contributed by atoms with Gasteiger partial charge in [-0.25, -0.2) is 0 Å². The smallest absolute Gasteiger partial charge is 0.248 e. The normalized spacial score (nSPS) is 32.2. The molecule has 0 saturated carbocycles. The molecule has 0 spiro atoms. The van der Waals surface area contributed by atoms with E-state index in [0.717, 1.165) is 13.2 Å². The van der Waals surface area contributed by atoms with E-state index in [-0.39, 0.29) is 0 Å². The lowest BCUT2D eigenvalue weighted by molar-refractivity contribution is -0.0622. The average Bonchev–Trinajstić information content (AvgIpc) is 2.35. The second-order valence-electron chi connectivity index (χ2n) is 3.41. The first-order chi connectivity index (χ1) is 5.92. The lowest BCUT2D eigenvalue weighted by Crippen LogP contribution is -2.52. The molecular formula is C8H15NO2Si. The minimum absolute atomic E-state index is 0.649. The van der Waals surface area contributed by atoms with Crippen LogP contribution in [0.3, 0.4) is 0 Å². The maximum Gasteiger partial charge on any atom is 0.248 e. The van der Waals surface area contributed by atoms with Crippen LogP contribution >= 0.6 is 0 Å². The Bertz CT molecular complexity index is 152. The Kier molecular flexibility index (Phi) is 2.80. The molecule has 2 saturated heterocycles. The van der Waals surface area contributed by atoms with Gasteiger partial charge in [-0.05, 0) is 19.4 Å². The summed E-state index contributed by atoms with van der Waals surface area (Å²) in [6.07, 6.45) is 2.64. The van der Waals surface area contributed by atoms with E-state index >= 15 is 0 Å². The minimum atomic E-state index is 0.649. The van der Waals surface area contributed by atoms with E-state index in [1.54, 1.807) is 7.11 Å². The monoisotopic (exact) mass is 185 g/mol. The largest absolute Gasteiger partial charge is 0.419 e. The van der Waals surface area contributed by atoms with Gasteiger partial charge in [0.15, 0.2) is 0 Å². The van der Waals surface area contributed by atoms with Crippen LogP contribution in [-0.2, 0) is 9.16 Å². The zero-order chi connectivity index (χ0) is 8.39. The lowest BCUT2D eigenvalue weighted by Gasteiger charge is -2.37. The first-order valence-corrected chi connectivity index (χ1v) is 5.52. The van der Waals surface area contributed by atoms with Crippen molar-refractivity contribution in [3.63, 3.8) is 0 Å². The third-order valence-electron chi connectivity index (χ3n) is 2.64. The molecule has 4 heteroatoms. The molecule has 0 aromatic carbocycles. The van der Waals surface area contributed by atoms with Gasteiger partial charge in [0.1, 0.15) is 0 Å². The molecule has 2 aliphatic rings. The van der Waals surface area contributed by atoms with E-state index in [1.807, 2.05) is 0 Å². The van der Waals surface area contributed by atoms with E-state index in [9.17, 15) is 0 Å². The van der Waals surface area contributed by atoms with E-state index in [4.69, 9.17) is 9.16 Å². The molecule has 0 aliphatic carbocycles. The van der Waals surface area contributed by atoms with Gasteiger partial charge in [0.2, 0.25) is 9.76 Å². The molecule has 2 radical (unpaired) electrons. The van der Waals surface area contributed by atoms with Crippen LogP contribution in [0.5, 0.6) is 0 Å². The Morgan fingerprint density at radius 3 is 2.92 bits per heavy atom. The number of nitrogens with zero attached hydrogens (tertiary/aromatic N) is 1. The van der Waals surface area contributed by atoms with Gasteiger partial charge >= 0.3 is 0 Å². The van der Waals surface area contributed by atoms with Gasteiger partial charge in [-0.15, -0.1) is 0 Å². The summed E-state index contributed by atoms with van der Waals surface area (Å²) in [6.45, 7) is 3.12. The van der Waals surface area contributed by atoms with Crippen molar-refractivity contribution in [2.24, 2.45) is 0 Å². The van der Waals surface area contributed by atoms with Gasteiger partial charge in [-0.1, -0.05) is 0 Å². The third kappa shape index (κ3) is 1.57. The molecule has 0 aromatic heterocycles. The Hall–Kier alpha value is 0.0969. The molecule has 0 N–H and O–H groups in total. The second kappa shape index (κ2) is 3.87. The highest BCUT2D eigenvalue weighted by Crippen LogP contribution is 2.22. The number of hydrogen-bond acceptors (Lipinski definition) is 3. The number of ether oxygens (including phenoxy) is 1. The van der Waals surface area contributed by atoms with Crippen LogP contribution in [0.25, 0.3) is 0 Å². The number of hydrogen-bond donors (Lipinski definition) is 0. The van der Waals surface area contributed by atoms with Gasteiger partial charge in [-0.3, -0.25) is 4.90 Å². The molecule has 0 amide bonds. The summed E-state index contributed by atoms with van der Waals surface area (Å²) in [5, 5.41) is 0. The summed E-state index contributed by atoms with van der Waals surface area (Å²) >= 11 is 0. The minimum Gasteiger partial charge on any atom is -0.419 e. The van der Waals surface area contributed by atoms with Crippen molar-refractivity contribution in [1.82, 2.24) is 4.90 Å². The number of rotatable bonds is 3. The third-order valence-corrected chi connectivity index (χ3v) is 3.77. The van der Waals surface area contributed by atoms with Gasteiger partial charge in [-0.2, -0.15) is 0 Å². The summed E-state index contributed by atoms with van der Waals surface area (Å²) in [5.74, 6) is 0. The Labute approximate surface area is 76.0 Å². The molecule has 1 atom stereocenters. The summed E-state index contributed by atoms with van der Waals surface area (Å²) < 4.78 is 10.4. The van der Waals surface area contributed by atoms with E-state index in [0.29, 0.717) is 21.5 Å². The highest BCUT2D eigenvalue weighted by Gasteiger charge is 2.35. The molecule has 68 valence electrons. The molecule has 12 heavy (non-hydrogen) atoms. The maximum absolute atomic E-state index is 5.22. The van der Waals surface area contributed by atoms with Crippen molar-refractivity contribution in [2.75, 3.05) is 26.9 Å². The van der Waals surface area contributed by atoms with Gasteiger partial charge in [0, 0.05) is 12.8 Å². The van der Waals surface area contributed by atoms with Gasteiger partial charge < -0.3 is 9.16 Å². The SMILES string of the molecule is CO[Si][C@H]1CCCN1C1COC1. The predicted molar refractivity (Wildman–Crippen MR) is 47.1 cm³/mol. The first kappa shape index (κ1) is 8.68. The van der Waals surface area contributed by atoms with Crippen LogP contribution in [-0.4, -0.2) is 53.2 Å². The lowest BCUT2D eigenvalue weighted by atomic mass is 10.2. The van der Waals surface area contributed by atoms with Crippen LogP contribution in [0.1, 0.15) is 12.8 Å². The standard InChI is InChI=1S/C8H15NO2Si/c1-10-12-8-3-2-4-9(8)7-5-11-6-7/h7-8H,2-6H2,1H3/t8-/m0/s1. The zero-order valence-corrected chi connectivity index (χ0v) is 8.45. The van der Waals surface area contributed by atoms with Crippen LogP contribution in [0.4, 0.5) is 0 Å². The fourth-order valence-corrected chi connectivity index (χ4v) is 2.97. The van der Waals surface area contributed by atoms with Crippen molar-refractivity contribution < 1.29 is 9.16 Å². The van der Waals surface area contributed by atoms with Crippen molar-refractivity contribution in [3.8, 4) is 0 Å². The van der Waals surface area contributed by atoms with Gasteiger partial charge in [0.25, 0.3) is 0 Å². The number of likely N-dealkylation sites (tertiary alicyclic amines) is 1. The fraction of sp³-hybridized carbons (Fsp3) is 1.00. The summed E-state index contributed by atoms with van der Waals surface area (Å²) in [6, 6.07) is 0.695. The zero-order valence-electron chi connectivity index (χ0n) is 7.45. The Morgan fingerprint density at radius 1 is 1.50 bits per heavy atom.